The van der Waals surface area contributed by atoms with Crippen LogP contribution in [0.5, 0.6) is 11.5 Å². The van der Waals surface area contributed by atoms with Gasteiger partial charge in [-0.25, -0.2) is 8.42 Å². The van der Waals surface area contributed by atoms with Gasteiger partial charge in [0.25, 0.3) is 0 Å². The van der Waals surface area contributed by atoms with Gasteiger partial charge in [0.1, 0.15) is 28.5 Å². The van der Waals surface area contributed by atoms with Crippen LogP contribution in [0.2, 0.25) is 0 Å². The van der Waals surface area contributed by atoms with Crippen LogP contribution in [-0.2, 0) is 10.0 Å². The summed E-state index contributed by atoms with van der Waals surface area (Å²) >= 11 is 0. The fourth-order valence-corrected chi connectivity index (χ4v) is 5.13. The first kappa shape index (κ1) is 19.6. The molecule has 0 amide bonds. The molecule has 2 aromatic rings. The maximum atomic E-state index is 13.3. The summed E-state index contributed by atoms with van der Waals surface area (Å²) in [6.07, 6.45) is 3.35. The van der Waals surface area contributed by atoms with Crippen LogP contribution in [0.25, 0.3) is 0 Å². The first-order chi connectivity index (χ1) is 12.9. The van der Waals surface area contributed by atoms with Gasteiger partial charge in [0.15, 0.2) is 0 Å². The molecule has 9 heteroatoms. The minimum Gasteiger partial charge on any atom is -0.497 e. The molecular weight excluding hydrogens is 368 g/mol. The Morgan fingerprint density at radius 3 is 2.67 bits per heavy atom. The molecule has 1 saturated heterocycles. The molecule has 0 aliphatic carbocycles. The number of nitrogens with zero attached hydrogens (tertiary/aromatic N) is 4. The van der Waals surface area contributed by atoms with Crippen LogP contribution < -0.4 is 9.47 Å². The van der Waals surface area contributed by atoms with E-state index in [0.717, 1.165) is 18.7 Å². The second-order valence-corrected chi connectivity index (χ2v) is 8.82. The Kier molecular flexibility index (Phi) is 5.71. The molecule has 0 radical (unpaired) electrons. The number of rotatable bonds is 6. The van der Waals surface area contributed by atoms with Gasteiger partial charge in [0.2, 0.25) is 10.0 Å². The number of piperidine rings is 1. The van der Waals surface area contributed by atoms with Gasteiger partial charge in [0, 0.05) is 31.1 Å². The molecule has 0 bridgehead atoms. The Morgan fingerprint density at radius 2 is 2.00 bits per heavy atom. The molecule has 1 aliphatic rings. The highest BCUT2D eigenvalue weighted by Crippen LogP contribution is 2.34. The van der Waals surface area contributed by atoms with Gasteiger partial charge < -0.3 is 14.0 Å². The van der Waals surface area contributed by atoms with E-state index < -0.39 is 10.0 Å². The fraction of sp³-hybridized carbons (Fsp3) is 0.556. The zero-order valence-electron chi connectivity index (χ0n) is 16.1. The molecule has 1 fully saturated rings. The highest BCUT2D eigenvalue weighted by molar-refractivity contribution is 7.89. The monoisotopic (exact) mass is 394 g/mol. The first-order valence-corrected chi connectivity index (χ1v) is 10.4. The lowest BCUT2D eigenvalue weighted by Gasteiger charge is -2.32. The molecule has 0 spiro atoms. The van der Waals surface area contributed by atoms with E-state index in [1.54, 1.807) is 18.5 Å². The number of sulfonamides is 1. The molecule has 1 atom stereocenters. The summed E-state index contributed by atoms with van der Waals surface area (Å²) in [5.74, 6) is 1.63. The predicted molar refractivity (Wildman–Crippen MR) is 101 cm³/mol. The van der Waals surface area contributed by atoms with E-state index in [4.69, 9.17) is 9.47 Å². The molecule has 27 heavy (non-hydrogen) atoms. The van der Waals surface area contributed by atoms with E-state index in [2.05, 4.69) is 24.0 Å². The van der Waals surface area contributed by atoms with Crippen LogP contribution in [0.15, 0.2) is 29.4 Å². The van der Waals surface area contributed by atoms with E-state index in [-0.39, 0.29) is 16.9 Å². The van der Waals surface area contributed by atoms with Crippen molar-refractivity contribution in [2.75, 3.05) is 27.3 Å². The molecule has 0 N–H and O–H groups in total. The van der Waals surface area contributed by atoms with Crippen LogP contribution in [0.4, 0.5) is 0 Å². The lowest BCUT2D eigenvalue weighted by Crippen LogP contribution is -2.40. The van der Waals surface area contributed by atoms with E-state index in [1.165, 1.54) is 24.6 Å². The molecule has 1 aromatic heterocycles. The summed E-state index contributed by atoms with van der Waals surface area (Å²) in [5.41, 5.74) is 0. The minimum absolute atomic E-state index is 0.00928. The normalized spacial score (nSPS) is 18.6. The third-order valence-electron chi connectivity index (χ3n) is 4.90. The molecule has 1 aliphatic heterocycles. The summed E-state index contributed by atoms with van der Waals surface area (Å²) in [5, 5.41) is 8.28. The Labute approximate surface area is 160 Å². The molecular formula is C18H26N4O4S. The molecule has 1 aromatic carbocycles. The number of ether oxygens (including phenoxy) is 2. The highest BCUT2D eigenvalue weighted by atomic mass is 32.2. The van der Waals surface area contributed by atoms with Crippen molar-refractivity contribution >= 4 is 10.0 Å². The number of hydrogen-bond acceptors (Lipinski definition) is 6. The maximum Gasteiger partial charge on any atom is 0.246 e. The molecule has 2 heterocycles. The Balaban J connectivity index is 1.92. The van der Waals surface area contributed by atoms with Crippen molar-refractivity contribution in [2.45, 2.75) is 43.5 Å². The Morgan fingerprint density at radius 1 is 1.22 bits per heavy atom. The van der Waals surface area contributed by atoms with Crippen molar-refractivity contribution in [3.8, 4) is 11.5 Å². The van der Waals surface area contributed by atoms with E-state index in [1.807, 2.05) is 4.57 Å². The van der Waals surface area contributed by atoms with Crippen molar-refractivity contribution in [3.05, 3.63) is 30.4 Å². The summed E-state index contributed by atoms with van der Waals surface area (Å²) in [7, 11) is -0.753. The Bertz CT molecular complexity index is 895. The van der Waals surface area contributed by atoms with Gasteiger partial charge in [-0.3, -0.25) is 0 Å². The lowest BCUT2D eigenvalue weighted by molar-refractivity contribution is 0.300. The molecule has 148 valence electrons. The second kappa shape index (κ2) is 7.85. The van der Waals surface area contributed by atoms with Crippen LogP contribution in [0, 0.1) is 0 Å². The highest BCUT2D eigenvalue weighted by Gasteiger charge is 2.35. The summed E-state index contributed by atoms with van der Waals surface area (Å²) in [6, 6.07) is 5.03. The molecule has 3 rings (SSSR count). The fourth-order valence-electron chi connectivity index (χ4n) is 3.44. The van der Waals surface area contributed by atoms with Gasteiger partial charge in [-0.2, -0.15) is 4.31 Å². The van der Waals surface area contributed by atoms with Crippen LogP contribution in [0.3, 0.4) is 0 Å². The zero-order chi connectivity index (χ0) is 19.6. The Hall–Kier alpha value is -2.13. The topological polar surface area (TPSA) is 86.6 Å². The second-order valence-electron chi connectivity index (χ2n) is 6.91. The summed E-state index contributed by atoms with van der Waals surface area (Å²) in [6.45, 7) is 4.96. The van der Waals surface area contributed by atoms with Crippen molar-refractivity contribution < 1.29 is 17.9 Å². The smallest absolute Gasteiger partial charge is 0.246 e. The molecule has 0 saturated carbocycles. The third-order valence-corrected chi connectivity index (χ3v) is 6.78. The van der Waals surface area contributed by atoms with Crippen molar-refractivity contribution in [3.63, 3.8) is 0 Å². The summed E-state index contributed by atoms with van der Waals surface area (Å²) in [4.78, 5) is 0.121. The van der Waals surface area contributed by atoms with Gasteiger partial charge in [-0.05, 0) is 38.8 Å². The average molecular weight is 394 g/mol. The largest absolute Gasteiger partial charge is 0.497 e. The van der Waals surface area contributed by atoms with Gasteiger partial charge >= 0.3 is 0 Å². The first-order valence-electron chi connectivity index (χ1n) is 9.00. The zero-order valence-corrected chi connectivity index (χ0v) is 16.9. The number of aromatic nitrogens is 3. The van der Waals surface area contributed by atoms with E-state index in [0.29, 0.717) is 24.6 Å². The number of hydrogen-bond donors (Lipinski definition) is 0. The van der Waals surface area contributed by atoms with Gasteiger partial charge in [0.05, 0.1) is 14.2 Å². The molecule has 0 unspecified atom stereocenters. The van der Waals surface area contributed by atoms with Crippen LogP contribution >= 0.6 is 0 Å². The van der Waals surface area contributed by atoms with E-state index >= 15 is 0 Å². The van der Waals surface area contributed by atoms with Crippen LogP contribution in [0.1, 0.15) is 44.5 Å². The van der Waals surface area contributed by atoms with Crippen molar-refractivity contribution in [1.82, 2.24) is 19.1 Å². The predicted octanol–water partition coefficient (Wildman–Crippen LogP) is 2.44. The molecule has 8 nitrogen and oxygen atoms in total. The van der Waals surface area contributed by atoms with E-state index in [9.17, 15) is 8.42 Å². The summed E-state index contributed by atoms with van der Waals surface area (Å²) < 4.78 is 40.6. The lowest BCUT2D eigenvalue weighted by atomic mass is 9.98. The standard InChI is InChI=1S/C18H26N4O4S/c1-13(2)22-12-19-20-18(22)14-6-5-9-21(11-14)27(23,24)17-10-15(25-3)7-8-16(17)26-4/h7-8,10,12-14H,5-6,9,11H2,1-4H3/t14-/m1/s1. The average Bonchev–Trinajstić information content (AvgIpc) is 3.17. The minimum atomic E-state index is -3.72. The van der Waals surface area contributed by atoms with Crippen molar-refractivity contribution in [1.29, 1.82) is 0 Å². The maximum absolute atomic E-state index is 13.3. The van der Waals surface area contributed by atoms with Crippen molar-refractivity contribution in [2.24, 2.45) is 0 Å². The number of methoxy groups -OCH3 is 2. The third kappa shape index (κ3) is 3.79. The van der Waals surface area contributed by atoms with Crippen LogP contribution in [-0.4, -0.2) is 54.8 Å². The quantitative estimate of drug-likeness (QED) is 0.748. The van der Waals surface area contributed by atoms with Gasteiger partial charge in [-0.15, -0.1) is 10.2 Å². The number of benzene rings is 1. The van der Waals surface area contributed by atoms with Gasteiger partial charge in [-0.1, -0.05) is 0 Å². The SMILES string of the molecule is COc1ccc(OC)c(S(=O)(=O)N2CCC[C@@H](c3nncn3C(C)C)C2)c1.